The van der Waals surface area contributed by atoms with Crippen LogP contribution in [0.2, 0.25) is 5.02 Å². The van der Waals surface area contributed by atoms with Crippen LogP contribution in [0, 0.1) is 0 Å². The van der Waals surface area contributed by atoms with Gasteiger partial charge in [-0.1, -0.05) is 29.8 Å². The number of nitrogens with two attached hydrogens (primary N) is 1. The van der Waals surface area contributed by atoms with Crippen molar-refractivity contribution in [2.45, 2.75) is 6.42 Å². The van der Waals surface area contributed by atoms with Crippen LogP contribution in [0.3, 0.4) is 0 Å². The van der Waals surface area contributed by atoms with Crippen LogP contribution in [0.1, 0.15) is 11.3 Å². The number of rotatable bonds is 3. The normalized spacial score (nSPS) is 10.9. The van der Waals surface area contributed by atoms with Crippen molar-refractivity contribution in [3.8, 4) is 5.75 Å². The minimum atomic E-state index is 0.605. The highest BCUT2D eigenvalue weighted by Gasteiger charge is 2.12. The SMILES string of the molecule is COc1ccccc1Cc1nc2ccc(Cl)cn2c1N. The molecule has 0 unspecified atom stereocenters. The van der Waals surface area contributed by atoms with E-state index in [9.17, 15) is 0 Å². The number of benzene rings is 1. The van der Waals surface area contributed by atoms with Gasteiger partial charge in [0, 0.05) is 18.2 Å². The Bertz CT molecular complexity index is 767. The molecule has 0 spiro atoms. The van der Waals surface area contributed by atoms with E-state index >= 15 is 0 Å². The number of para-hydroxylation sites is 1. The molecule has 0 atom stereocenters. The average molecular weight is 288 g/mol. The number of pyridine rings is 1. The molecule has 1 aromatic carbocycles. The van der Waals surface area contributed by atoms with Crippen molar-refractivity contribution in [1.29, 1.82) is 0 Å². The number of halogens is 1. The van der Waals surface area contributed by atoms with Crippen molar-refractivity contribution in [3.05, 3.63) is 58.9 Å². The minimum Gasteiger partial charge on any atom is -0.496 e. The van der Waals surface area contributed by atoms with E-state index in [0.717, 1.165) is 22.7 Å². The summed E-state index contributed by atoms with van der Waals surface area (Å²) < 4.78 is 7.15. The number of anilines is 1. The first kappa shape index (κ1) is 12.8. The lowest BCUT2D eigenvalue weighted by Gasteiger charge is -2.06. The summed E-state index contributed by atoms with van der Waals surface area (Å²) in [6.45, 7) is 0. The third kappa shape index (κ3) is 2.18. The van der Waals surface area contributed by atoms with E-state index in [-0.39, 0.29) is 0 Å². The van der Waals surface area contributed by atoms with E-state index in [1.807, 2.05) is 30.3 Å². The number of nitrogen functional groups attached to an aromatic ring is 1. The molecular weight excluding hydrogens is 274 g/mol. The lowest BCUT2D eigenvalue weighted by molar-refractivity contribution is 0.410. The zero-order valence-electron chi connectivity index (χ0n) is 11.0. The first-order chi connectivity index (χ1) is 9.69. The maximum absolute atomic E-state index is 6.15. The first-order valence-electron chi connectivity index (χ1n) is 6.23. The van der Waals surface area contributed by atoms with Gasteiger partial charge in [0.15, 0.2) is 0 Å². The molecular formula is C15H14ClN3O. The highest BCUT2D eigenvalue weighted by Crippen LogP contribution is 2.25. The predicted molar refractivity (Wildman–Crippen MR) is 80.4 cm³/mol. The van der Waals surface area contributed by atoms with Crippen molar-refractivity contribution in [2.24, 2.45) is 0 Å². The van der Waals surface area contributed by atoms with Crippen LogP contribution >= 0.6 is 11.6 Å². The van der Waals surface area contributed by atoms with Crippen LogP contribution in [0.5, 0.6) is 5.75 Å². The molecule has 0 amide bonds. The van der Waals surface area contributed by atoms with Crippen LogP contribution in [-0.2, 0) is 6.42 Å². The second kappa shape index (κ2) is 5.06. The zero-order valence-corrected chi connectivity index (χ0v) is 11.8. The lowest BCUT2D eigenvalue weighted by atomic mass is 10.1. The number of nitrogens with zero attached hydrogens (tertiary/aromatic N) is 2. The summed E-state index contributed by atoms with van der Waals surface area (Å²) >= 11 is 5.98. The zero-order chi connectivity index (χ0) is 14.1. The average Bonchev–Trinajstić information content (AvgIpc) is 2.76. The molecule has 20 heavy (non-hydrogen) atoms. The van der Waals surface area contributed by atoms with Gasteiger partial charge in [-0.05, 0) is 18.2 Å². The maximum Gasteiger partial charge on any atom is 0.138 e. The molecule has 4 nitrogen and oxygen atoms in total. The second-order valence-corrected chi connectivity index (χ2v) is 4.94. The monoisotopic (exact) mass is 287 g/mol. The summed E-state index contributed by atoms with van der Waals surface area (Å²) in [6.07, 6.45) is 2.39. The van der Waals surface area contributed by atoms with Gasteiger partial charge in [0.05, 0.1) is 17.8 Å². The lowest BCUT2D eigenvalue weighted by Crippen LogP contribution is -1.99. The Morgan fingerprint density at radius 2 is 2.05 bits per heavy atom. The van der Waals surface area contributed by atoms with Crippen LogP contribution in [0.25, 0.3) is 5.65 Å². The number of aromatic nitrogens is 2. The molecule has 0 aliphatic rings. The molecule has 0 aliphatic heterocycles. The topological polar surface area (TPSA) is 52.5 Å². The molecule has 2 aromatic heterocycles. The fraction of sp³-hybridized carbons (Fsp3) is 0.133. The van der Waals surface area contributed by atoms with Gasteiger partial charge < -0.3 is 10.5 Å². The van der Waals surface area contributed by atoms with Gasteiger partial charge in [0.2, 0.25) is 0 Å². The Morgan fingerprint density at radius 1 is 1.25 bits per heavy atom. The van der Waals surface area contributed by atoms with Crippen molar-refractivity contribution < 1.29 is 4.74 Å². The minimum absolute atomic E-state index is 0.605. The summed E-state index contributed by atoms with van der Waals surface area (Å²) in [5.74, 6) is 1.44. The number of fused-ring (bicyclic) bond motifs is 1. The van der Waals surface area contributed by atoms with Crippen LogP contribution < -0.4 is 10.5 Å². The molecule has 0 radical (unpaired) electrons. The van der Waals surface area contributed by atoms with Crippen molar-refractivity contribution >= 4 is 23.1 Å². The van der Waals surface area contributed by atoms with Gasteiger partial charge in [-0.2, -0.15) is 0 Å². The van der Waals surface area contributed by atoms with Crippen molar-refractivity contribution in [1.82, 2.24) is 9.38 Å². The highest BCUT2D eigenvalue weighted by molar-refractivity contribution is 6.30. The highest BCUT2D eigenvalue weighted by atomic mass is 35.5. The van der Waals surface area contributed by atoms with E-state index in [1.54, 1.807) is 23.8 Å². The fourth-order valence-corrected chi connectivity index (χ4v) is 2.41. The molecule has 3 aromatic rings. The van der Waals surface area contributed by atoms with Crippen LogP contribution in [0.4, 0.5) is 5.82 Å². The molecule has 2 N–H and O–H groups in total. The van der Waals surface area contributed by atoms with Crippen molar-refractivity contribution in [3.63, 3.8) is 0 Å². The van der Waals surface area contributed by atoms with Crippen LogP contribution in [0.15, 0.2) is 42.6 Å². The van der Waals surface area contributed by atoms with Gasteiger partial charge in [0.25, 0.3) is 0 Å². The van der Waals surface area contributed by atoms with E-state index in [4.69, 9.17) is 22.1 Å². The Morgan fingerprint density at radius 3 is 2.85 bits per heavy atom. The summed E-state index contributed by atoms with van der Waals surface area (Å²) in [4.78, 5) is 4.55. The third-order valence-electron chi connectivity index (χ3n) is 3.25. The summed E-state index contributed by atoms with van der Waals surface area (Å²) in [5, 5.41) is 0.630. The molecule has 0 aliphatic carbocycles. The Hall–Kier alpha value is -2.20. The molecule has 0 saturated heterocycles. The molecule has 102 valence electrons. The second-order valence-electron chi connectivity index (χ2n) is 4.51. The van der Waals surface area contributed by atoms with E-state index in [1.165, 1.54) is 0 Å². The predicted octanol–water partition coefficient (Wildman–Crippen LogP) is 3.17. The number of imidazole rings is 1. The van der Waals surface area contributed by atoms with Gasteiger partial charge >= 0.3 is 0 Å². The van der Waals surface area contributed by atoms with Gasteiger partial charge in [-0.15, -0.1) is 0 Å². The van der Waals surface area contributed by atoms with Gasteiger partial charge in [0.1, 0.15) is 17.2 Å². The Balaban J connectivity index is 2.05. The van der Waals surface area contributed by atoms with Gasteiger partial charge in [-0.3, -0.25) is 4.40 Å². The number of ether oxygens (including phenoxy) is 1. The summed E-state index contributed by atoms with van der Waals surface area (Å²) in [5.41, 5.74) is 8.81. The Kier molecular flexibility index (Phi) is 3.24. The molecule has 3 rings (SSSR count). The smallest absolute Gasteiger partial charge is 0.138 e. The van der Waals surface area contributed by atoms with E-state index in [2.05, 4.69) is 4.98 Å². The molecule has 2 heterocycles. The summed E-state index contributed by atoms with van der Waals surface area (Å²) in [7, 11) is 1.66. The van der Waals surface area contributed by atoms with E-state index < -0.39 is 0 Å². The third-order valence-corrected chi connectivity index (χ3v) is 3.47. The molecule has 0 saturated carbocycles. The maximum atomic E-state index is 6.15. The molecule has 5 heteroatoms. The van der Waals surface area contributed by atoms with E-state index in [0.29, 0.717) is 17.3 Å². The largest absolute Gasteiger partial charge is 0.496 e. The fourth-order valence-electron chi connectivity index (χ4n) is 2.25. The first-order valence-corrected chi connectivity index (χ1v) is 6.60. The number of hydrogen-bond acceptors (Lipinski definition) is 3. The van der Waals surface area contributed by atoms with Crippen molar-refractivity contribution in [2.75, 3.05) is 12.8 Å². The Labute approximate surface area is 121 Å². The van der Waals surface area contributed by atoms with Crippen LogP contribution in [-0.4, -0.2) is 16.5 Å². The summed E-state index contributed by atoms with van der Waals surface area (Å²) in [6, 6.07) is 11.5. The quantitative estimate of drug-likeness (QED) is 0.805. The number of methoxy groups -OCH3 is 1. The molecule has 0 fully saturated rings. The standard InChI is InChI=1S/C15H14ClN3O/c1-20-13-5-3-2-4-10(13)8-12-15(17)19-9-11(16)6-7-14(19)18-12/h2-7,9H,8,17H2,1H3. The number of hydrogen-bond donors (Lipinski definition) is 1. The van der Waals surface area contributed by atoms with Gasteiger partial charge in [-0.25, -0.2) is 4.98 Å². The molecule has 0 bridgehead atoms.